The summed E-state index contributed by atoms with van der Waals surface area (Å²) in [6, 6.07) is 3.56. The van der Waals surface area contributed by atoms with Crippen molar-refractivity contribution in [1.29, 1.82) is 0 Å². The first-order valence-electron chi connectivity index (χ1n) is 8.20. The SMILES string of the molecule is CN=C(NCc1cnn(C)c1)N1CCN(c2cc(F)ccc2F)CC1. The van der Waals surface area contributed by atoms with E-state index in [4.69, 9.17) is 0 Å². The highest BCUT2D eigenvalue weighted by atomic mass is 19.1. The normalized spacial score (nSPS) is 15.6. The van der Waals surface area contributed by atoms with E-state index in [-0.39, 0.29) is 0 Å². The summed E-state index contributed by atoms with van der Waals surface area (Å²) in [6.07, 6.45) is 3.76. The van der Waals surface area contributed by atoms with E-state index in [9.17, 15) is 8.78 Å². The quantitative estimate of drug-likeness (QED) is 0.676. The first kappa shape index (κ1) is 17.2. The maximum absolute atomic E-state index is 13.9. The van der Waals surface area contributed by atoms with Crippen molar-refractivity contribution >= 4 is 11.6 Å². The van der Waals surface area contributed by atoms with Crippen LogP contribution in [-0.2, 0) is 13.6 Å². The fourth-order valence-electron chi connectivity index (χ4n) is 2.96. The van der Waals surface area contributed by atoms with Crippen LogP contribution in [0.25, 0.3) is 0 Å². The van der Waals surface area contributed by atoms with Gasteiger partial charge in [-0.2, -0.15) is 5.10 Å². The van der Waals surface area contributed by atoms with Crippen molar-refractivity contribution < 1.29 is 8.78 Å². The van der Waals surface area contributed by atoms with Crippen molar-refractivity contribution in [2.45, 2.75) is 6.54 Å². The molecule has 0 aliphatic carbocycles. The van der Waals surface area contributed by atoms with Crippen LogP contribution in [0.1, 0.15) is 5.56 Å². The Morgan fingerprint density at radius 1 is 1.24 bits per heavy atom. The minimum absolute atomic E-state index is 0.318. The number of rotatable bonds is 3. The van der Waals surface area contributed by atoms with Crippen LogP contribution in [0.5, 0.6) is 0 Å². The molecule has 1 aromatic carbocycles. The summed E-state index contributed by atoms with van der Waals surface area (Å²) in [4.78, 5) is 8.29. The second kappa shape index (κ2) is 7.50. The monoisotopic (exact) mass is 348 g/mol. The zero-order valence-electron chi connectivity index (χ0n) is 14.4. The first-order valence-corrected chi connectivity index (χ1v) is 8.20. The number of piperazine rings is 1. The minimum Gasteiger partial charge on any atom is -0.366 e. The molecule has 0 radical (unpaired) electrons. The molecule has 0 atom stereocenters. The van der Waals surface area contributed by atoms with E-state index in [2.05, 4.69) is 20.3 Å². The van der Waals surface area contributed by atoms with Gasteiger partial charge in [-0.1, -0.05) is 0 Å². The summed E-state index contributed by atoms with van der Waals surface area (Å²) in [7, 11) is 3.62. The van der Waals surface area contributed by atoms with E-state index in [0.717, 1.165) is 17.6 Å². The minimum atomic E-state index is -0.423. The second-order valence-electron chi connectivity index (χ2n) is 5.99. The lowest BCUT2D eigenvalue weighted by Gasteiger charge is -2.37. The Bertz CT molecular complexity index is 749. The fraction of sp³-hybridized carbons (Fsp3) is 0.412. The van der Waals surface area contributed by atoms with E-state index in [1.807, 2.05) is 24.3 Å². The predicted molar refractivity (Wildman–Crippen MR) is 93.6 cm³/mol. The zero-order chi connectivity index (χ0) is 17.8. The van der Waals surface area contributed by atoms with Gasteiger partial charge in [0, 0.05) is 64.6 Å². The van der Waals surface area contributed by atoms with Crippen molar-refractivity contribution in [2.75, 3.05) is 38.1 Å². The molecule has 0 unspecified atom stereocenters. The summed E-state index contributed by atoms with van der Waals surface area (Å²) in [5.74, 6) is -0.0232. The standard InChI is InChI=1S/C17H22F2N6/c1-20-17(21-10-13-11-22-23(2)12-13)25-7-5-24(6-8-25)16-9-14(18)3-4-15(16)19/h3-4,9,11-12H,5-8,10H2,1-2H3,(H,20,21). The van der Waals surface area contributed by atoms with Gasteiger partial charge in [0.25, 0.3) is 0 Å². The molecule has 3 rings (SSSR count). The Hall–Kier alpha value is -2.64. The fourth-order valence-corrected chi connectivity index (χ4v) is 2.96. The van der Waals surface area contributed by atoms with E-state index >= 15 is 0 Å². The summed E-state index contributed by atoms with van der Waals surface area (Å²) in [5.41, 5.74) is 1.39. The molecule has 134 valence electrons. The number of nitrogens with one attached hydrogen (secondary N) is 1. The zero-order valence-corrected chi connectivity index (χ0v) is 14.4. The summed E-state index contributed by atoms with van der Waals surface area (Å²) in [5, 5.41) is 7.46. The number of aliphatic imine (C=N–C) groups is 1. The lowest BCUT2D eigenvalue weighted by Crippen LogP contribution is -2.52. The molecule has 0 amide bonds. The van der Waals surface area contributed by atoms with Gasteiger partial charge in [-0.25, -0.2) is 8.78 Å². The highest BCUT2D eigenvalue weighted by Crippen LogP contribution is 2.21. The third kappa shape index (κ3) is 4.07. The first-order chi connectivity index (χ1) is 12.1. The number of guanidine groups is 1. The van der Waals surface area contributed by atoms with Crippen LogP contribution in [0.2, 0.25) is 0 Å². The molecule has 0 saturated carbocycles. The van der Waals surface area contributed by atoms with Crippen LogP contribution >= 0.6 is 0 Å². The van der Waals surface area contributed by atoms with Gasteiger partial charge in [-0.3, -0.25) is 9.67 Å². The molecule has 0 bridgehead atoms. The molecule has 8 heteroatoms. The van der Waals surface area contributed by atoms with Gasteiger partial charge in [0.2, 0.25) is 0 Å². The molecule has 1 aliphatic rings. The van der Waals surface area contributed by atoms with Gasteiger partial charge >= 0.3 is 0 Å². The van der Waals surface area contributed by atoms with Crippen molar-refractivity contribution in [3.05, 3.63) is 47.8 Å². The average molecular weight is 348 g/mol. The van der Waals surface area contributed by atoms with Gasteiger partial charge in [0.15, 0.2) is 5.96 Å². The number of halogens is 2. The molecule has 0 spiro atoms. The summed E-state index contributed by atoms with van der Waals surface area (Å²) in [6.45, 7) is 3.21. The lowest BCUT2D eigenvalue weighted by atomic mass is 10.2. The second-order valence-corrected chi connectivity index (χ2v) is 5.99. The van der Waals surface area contributed by atoms with Crippen LogP contribution in [0.3, 0.4) is 0 Å². The molecular formula is C17H22F2N6. The smallest absolute Gasteiger partial charge is 0.194 e. The summed E-state index contributed by atoms with van der Waals surface area (Å²) >= 11 is 0. The predicted octanol–water partition coefficient (Wildman–Crippen LogP) is 1.60. The molecule has 2 heterocycles. The molecule has 1 aliphatic heterocycles. The Labute approximate surface area is 145 Å². The lowest BCUT2D eigenvalue weighted by molar-refractivity contribution is 0.370. The van der Waals surface area contributed by atoms with Gasteiger partial charge in [-0.05, 0) is 12.1 Å². The van der Waals surface area contributed by atoms with Crippen LogP contribution in [0.15, 0.2) is 35.6 Å². The van der Waals surface area contributed by atoms with Crippen molar-refractivity contribution in [1.82, 2.24) is 20.0 Å². The maximum Gasteiger partial charge on any atom is 0.194 e. The maximum atomic E-state index is 13.9. The Morgan fingerprint density at radius 2 is 2.00 bits per heavy atom. The molecule has 1 N–H and O–H groups in total. The van der Waals surface area contributed by atoms with Crippen molar-refractivity contribution in [3.8, 4) is 0 Å². The number of hydrogen-bond acceptors (Lipinski definition) is 3. The summed E-state index contributed by atoms with van der Waals surface area (Å²) < 4.78 is 29.1. The van der Waals surface area contributed by atoms with E-state index < -0.39 is 11.6 Å². The van der Waals surface area contributed by atoms with Crippen LogP contribution in [-0.4, -0.2) is 53.9 Å². The molecule has 25 heavy (non-hydrogen) atoms. The largest absolute Gasteiger partial charge is 0.366 e. The number of hydrogen-bond donors (Lipinski definition) is 1. The third-order valence-corrected chi connectivity index (χ3v) is 4.25. The molecule has 6 nitrogen and oxygen atoms in total. The number of nitrogens with zero attached hydrogens (tertiary/aromatic N) is 5. The van der Waals surface area contributed by atoms with E-state index in [1.54, 1.807) is 11.7 Å². The van der Waals surface area contributed by atoms with Crippen molar-refractivity contribution in [2.24, 2.45) is 12.0 Å². The topological polar surface area (TPSA) is 48.7 Å². The van der Waals surface area contributed by atoms with Crippen molar-refractivity contribution in [3.63, 3.8) is 0 Å². The van der Waals surface area contributed by atoms with Gasteiger partial charge in [-0.15, -0.1) is 0 Å². The Kier molecular flexibility index (Phi) is 5.16. The molecule has 1 aromatic heterocycles. The number of benzene rings is 1. The molecule has 2 aromatic rings. The van der Waals surface area contributed by atoms with E-state index in [1.165, 1.54) is 12.1 Å². The van der Waals surface area contributed by atoms with Crippen LogP contribution in [0.4, 0.5) is 14.5 Å². The number of anilines is 1. The number of aryl methyl sites for hydroxylation is 1. The molecular weight excluding hydrogens is 326 g/mol. The number of aromatic nitrogens is 2. The Balaban J connectivity index is 1.57. The third-order valence-electron chi connectivity index (χ3n) is 4.25. The van der Waals surface area contributed by atoms with Gasteiger partial charge in [0.05, 0.1) is 11.9 Å². The van der Waals surface area contributed by atoms with Gasteiger partial charge in [0.1, 0.15) is 11.6 Å². The van der Waals surface area contributed by atoms with Crippen LogP contribution in [0, 0.1) is 11.6 Å². The van der Waals surface area contributed by atoms with Gasteiger partial charge < -0.3 is 15.1 Å². The highest BCUT2D eigenvalue weighted by Gasteiger charge is 2.22. The Morgan fingerprint density at radius 3 is 2.64 bits per heavy atom. The average Bonchev–Trinajstić information content (AvgIpc) is 3.03. The highest BCUT2D eigenvalue weighted by molar-refractivity contribution is 5.80. The molecule has 1 fully saturated rings. The van der Waals surface area contributed by atoms with E-state index in [0.29, 0.717) is 38.4 Å². The van der Waals surface area contributed by atoms with Crippen LogP contribution < -0.4 is 10.2 Å². The molecule has 1 saturated heterocycles.